The van der Waals surface area contributed by atoms with Crippen molar-refractivity contribution in [2.45, 2.75) is 30.2 Å². The lowest BCUT2D eigenvalue weighted by Crippen LogP contribution is -2.57. The number of rotatable bonds is 5. The lowest BCUT2D eigenvalue weighted by Gasteiger charge is -2.37. The van der Waals surface area contributed by atoms with E-state index in [0.717, 1.165) is 16.4 Å². The number of sulfonamides is 1. The van der Waals surface area contributed by atoms with Gasteiger partial charge in [0.25, 0.3) is 0 Å². The highest BCUT2D eigenvalue weighted by Crippen LogP contribution is 2.31. The highest BCUT2D eigenvalue weighted by molar-refractivity contribution is 7.92. The molecule has 2 rings (SSSR count). The second-order valence-electron chi connectivity index (χ2n) is 6.19. The van der Waals surface area contributed by atoms with Crippen molar-refractivity contribution < 1.29 is 30.0 Å². The third kappa shape index (κ3) is 3.92. The van der Waals surface area contributed by atoms with Crippen LogP contribution < -0.4 is 0 Å². The Hall–Kier alpha value is -1.13. The van der Waals surface area contributed by atoms with Crippen LogP contribution in [0.15, 0.2) is 29.2 Å². The van der Waals surface area contributed by atoms with Crippen LogP contribution in [0.1, 0.15) is 19.4 Å². The van der Waals surface area contributed by atoms with E-state index in [2.05, 4.69) is 0 Å². The number of hydrogen-bond donors (Lipinski definition) is 0. The quantitative estimate of drug-likeness (QED) is 0.779. The van der Waals surface area contributed by atoms with Gasteiger partial charge in [-0.2, -0.15) is 17.5 Å². The van der Waals surface area contributed by atoms with Crippen LogP contribution >= 0.6 is 0 Å². The van der Waals surface area contributed by atoms with Gasteiger partial charge >= 0.3 is 6.18 Å². The molecule has 0 bridgehead atoms. The minimum Gasteiger partial charge on any atom is -0.228 e. The zero-order valence-corrected chi connectivity index (χ0v) is 14.7. The van der Waals surface area contributed by atoms with Gasteiger partial charge in [-0.1, -0.05) is 13.8 Å². The summed E-state index contributed by atoms with van der Waals surface area (Å²) < 4.78 is 87.2. The average Bonchev–Trinajstić information content (AvgIpc) is 2.33. The molecule has 1 aliphatic heterocycles. The molecule has 0 saturated carbocycles. The summed E-state index contributed by atoms with van der Waals surface area (Å²) in [4.78, 5) is -0.282. The summed E-state index contributed by atoms with van der Waals surface area (Å²) in [5.41, 5.74) is -0.942. The van der Waals surface area contributed by atoms with Gasteiger partial charge in [0.1, 0.15) is 0 Å². The molecule has 10 heteroatoms. The SMILES string of the molecule is CC(C)CS(=O)(=O)C1CN(S(=O)(=O)c2ccc(C(F)(F)F)cc2)C1. The van der Waals surface area contributed by atoms with Crippen LogP contribution in [0.2, 0.25) is 0 Å². The molecule has 0 aromatic heterocycles. The molecule has 0 unspecified atom stereocenters. The molecule has 0 N–H and O–H groups in total. The number of nitrogens with zero attached hydrogens (tertiary/aromatic N) is 1. The van der Waals surface area contributed by atoms with Crippen LogP contribution in [-0.4, -0.2) is 45.2 Å². The Bertz CT molecular complexity index is 793. The minimum atomic E-state index is -4.55. The number of sulfone groups is 1. The fourth-order valence-corrected chi connectivity index (χ4v) is 6.12. The highest BCUT2D eigenvalue weighted by Gasteiger charge is 2.43. The molecular weight excluding hydrogens is 367 g/mol. The van der Waals surface area contributed by atoms with Crippen molar-refractivity contribution in [3.05, 3.63) is 29.8 Å². The summed E-state index contributed by atoms with van der Waals surface area (Å²) >= 11 is 0. The predicted octanol–water partition coefficient (Wildman–Crippen LogP) is 2.15. The fourth-order valence-electron chi connectivity index (χ4n) is 2.39. The zero-order chi connectivity index (χ0) is 18.3. The first-order valence-corrected chi connectivity index (χ1v) is 10.4. The van der Waals surface area contributed by atoms with Crippen LogP contribution in [0, 0.1) is 5.92 Å². The van der Waals surface area contributed by atoms with Gasteiger partial charge < -0.3 is 0 Å². The molecule has 0 amide bonds. The summed E-state index contributed by atoms with van der Waals surface area (Å²) in [5.74, 6) is -0.0816. The Morgan fingerprint density at radius 2 is 1.58 bits per heavy atom. The first kappa shape index (κ1) is 19.2. The smallest absolute Gasteiger partial charge is 0.228 e. The van der Waals surface area contributed by atoms with E-state index in [9.17, 15) is 30.0 Å². The van der Waals surface area contributed by atoms with Crippen molar-refractivity contribution in [3.8, 4) is 0 Å². The van der Waals surface area contributed by atoms with Crippen molar-refractivity contribution in [2.75, 3.05) is 18.8 Å². The van der Waals surface area contributed by atoms with Crippen LogP contribution in [0.25, 0.3) is 0 Å². The number of halogens is 3. The molecule has 1 aliphatic rings. The van der Waals surface area contributed by atoms with E-state index in [4.69, 9.17) is 0 Å². The molecule has 0 atom stereocenters. The average molecular weight is 385 g/mol. The summed E-state index contributed by atoms with van der Waals surface area (Å²) in [6.07, 6.45) is -4.55. The van der Waals surface area contributed by atoms with Gasteiger partial charge in [0.05, 0.1) is 21.5 Å². The van der Waals surface area contributed by atoms with Crippen molar-refractivity contribution in [2.24, 2.45) is 5.92 Å². The molecule has 136 valence electrons. The normalized spacial score (nSPS) is 17.9. The summed E-state index contributed by atoms with van der Waals surface area (Å²) in [6, 6.07) is 3.15. The number of benzene rings is 1. The Balaban J connectivity index is 2.11. The second-order valence-corrected chi connectivity index (χ2v) is 10.5. The summed E-state index contributed by atoms with van der Waals surface area (Å²) in [5, 5.41) is -0.760. The standard InChI is InChI=1S/C14H18F3NO4S2/c1-10(2)9-23(19,20)13-7-18(8-13)24(21,22)12-5-3-11(4-6-12)14(15,16)17/h3-6,10,13H,7-9H2,1-2H3. The minimum absolute atomic E-state index is 0.0220. The lowest BCUT2D eigenvalue weighted by molar-refractivity contribution is -0.137. The first-order valence-electron chi connectivity index (χ1n) is 7.23. The Kier molecular flexibility index (Phi) is 5.04. The van der Waals surface area contributed by atoms with Crippen molar-refractivity contribution >= 4 is 19.9 Å². The van der Waals surface area contributed by atoms with Crippen molar-refractivity contribution in [3.63, 3.8) is 0 Å². The molecule has 5 nitrogen and oxygen atoms in total. The maximum atomic E-state index is 12.5. The van der Waals surface area contributed by atoms with E-state index in [1.54, 1.807) is 13.8 Å². The molecule has 1 fully saturated rings. The third-order valence-corrected chi connectivity index (χ3v) is 8.00. The molecular formula is C14H18F3NO4S2. The van der Waals surface area contributed by atoms with Gasteiger partial charge in [0.15, 0.2) is 9.84 Å². The summed E-state index contributed by atoms with van der Waals surface area (Å²) in [6.45, 7) is 3.18. The van der Waals surface area contributed by atoms with Gasteiger partial charge in [-0.25, -0.2) is 16.8 Å². The number of alkyl halides is 3. The lowest BCUT2D eigenvalue weighted by atomic mass is 10.2. The van der Waals surface area contributed by atoms with Crippen LogP contribution in [0.4, 0.5) is 13.2 Å². The van der Waals surface area contributed by atoms with E-state index < -0.39 is 36.9 Å². The van der Waals surface area contributed by atoms with Crippen molar-refractivity contribution in [1.29, 1.82) is 0 Å². The molecule has 1 heterocycles. The largest absolute Gasteiger partial charge is 0.416 e. The van der Waals surface area contributed by atoms with Gasteiger partial charge in [-0.05, 0) is 30.2 Å². The Labute approximate surface area is 139 Å². The Morgan fingerprint density at radius 3 is 2.00 bits per heavy atom. The predicted molar refractivity (Wildman–Crippen MR) is 82.6 cm³/mol. The monoisotopic (exact) mass is 385 g/mol. The molecule has 1 saturated heterocycles. The van der Waals surface area contributed by atoms with Gasteiger partial charge in [0, 0.05) is 13.1 Å². The second kappa shape index (κ2) is 6.30. The molecule has 0 aliphatic carbocycles. The maximum Gasteiger partial charge on any atom is 0.416 e. The Morgan fingerprint density at radius 1 is 1.08 bits per heavy atom. The van der Waals surface area contributed by atoms with Crippen LogP contribution in [0.5, 0.6) is 0 Å². The fraction of sp³-hybridized carbons (Fsp3) is 0.571. The van der Waals surface area contributed by atoms with E-state index in [-0.39, 0.29) is 29.7 Å². The molecule has 24 heavy (non-hydrogen) atoms. The maximum absolute atomic E-state index is 12.5. The molecule has 1 aromatic carbocycles. The zero-order valence-electron chi connectivity index (χ0n) is 13.1. The topological polar surface area (TPSA) is 71.5 Å². The van der Waals surface area contributed by atoms with Crippen molar-refractivity contribution in [1.82, 2.24) is 4.31 Å². The van der Waals surface area contributed by atoms with E-state index in [1.807, 2.05) is 0 Å². The van der Waals surface area contributed by atoms with Gasteiger partial charge in [-0.15, -0.1) is 0 Å². The molecule has 0 radical (unpaired) electrons. The van der Waals surface area contributed by atoms with Crippen LogP contribution in [0.3, 0.4) is 0 Å². The number of hydrogen-bond acceptors (Lipinski definition) is 4. The van der Waals surface area contributed by atoms with Gasteiger partial charge in [-0.3, -0.25) is 0 Å². The van der Waals surface area contributed by atoms with Crippen LogP contribution in [-0.2, 0) is 26.0 Å². The van der Waals surface area contributed by atoms with E-state index in [0.29, 0.717) is 12.1 Å². The molecule has 1 aromatic rings. The van der Waals surface area contributed by atoms with E-state index in [1.165, 1.54) is 0 Å². The van der Waals surface area contributed by atoms with Gasteiger partial charge in [0.2, 0.25) is 10.0 Å². The highest BCUT2D eigenvalue weighted by atomic mass is 32.2. The first-order chi connectivity index (χ1) is 10.8. The third-order valence-electron chi connectivity index (χ3n) is 3.71. The van der Waals surface area contributed by atoms with E-state index >= 15 is 0 Å². The summed E-state index contributed by atoms with van der Waals surface area (Å²) in [7, 11) is -7.36. The molecule has 0 spiro atoms.